The second-order valence-corrected chi connectivity index (χ2v) is 4.62. The largest absolute Gasteiger partial charge is 0.496 e. The number of hydrogen-bond donors (Lipinski definition) is 1. The van der Waals surface area contributed by atoms with E-state index in [9.17, 15) is 9.59 Å². The third kappa shape index (κ3) is 4.75. The van der Waals surface area contributed by atoms with E-state index < -0.39 is 18.0 Å². The number of rotatable bonds is 5. The van der Waals surface area contributed by atoms with Crippen molar-refractivity contribution in [3.8, 4) is 5.75 Å². The molecule has 0 saturated carbocycles. The third-order valence-electron chi connectivity index (χ3n) is 2.28. The first-order chi connectivity index (χ1) is 8.93. The summed E-state index contributed by atoms with van der Waals surface area (Å²) < 4.78 is 10.8. The minimum atomic E-state index is -0.957. The van der Waals surface area contributed by atoms with Gasteiger partial charge in [-0.05, 0) is 31.2 Å². The maximum absolute atomic E-state index is 11.4. The maximum atomic E-state index is 11.4. The van der Waals surface area contributed by atoms with E-state index in [-0.39, 0.29) is 0 Å². The van der Waals surface area contributed by atoms with Gasteiger partial charge in [-0.15, -0.1) is 0 Å². The monoisotopic (exact) mass is 327 g/mol. The second-order valence-electron chi connectivity index (χ2n) is 3.70. The summed E-state index contributed by atoms with van der Waals surface area (Å²) in [4.78, 5) is 22.2. The number of carbonyl (C=O) groups excluding carboxylic acids is 2. The number of methoxy groups -OCH3 is 1. The maximum Gasteiger partial charge on any atom is 0.331 e. The average Bonchev–Trinajstić information content (AvgIpc) is 2.36. The molecule has 0 aromatic heterocycles. The molecule has 0 aliphatic heterocycles. The quantitative estimate of drug-likeness (QED) is 0.661. The molecule has 0 radical (unpaired) electrons. The first-order valence-corrected chi connectivity index (χ1v) is 6.25. The van der Waals surface area contributed by atoms with Crippen molar-refractivity contribution in [1.82, 2.24) is 0 Å². The van der Waals surface area contributed by atoms with Crippen LogP contribution in [0.15, 0.2) is 28.7 Å². The minimum absolute atomic E-state index is 0.621. The fourth-order valence-electron chi connectivity index (χ4n) is 1.26. The SMILES string of the molecule is COc1ccc(Br)cc1/C=C/C(=O)O[C@H](C)C(N)=O. The molecule has 0 spiro atoms. The molecule has 5 nitrogen and oxygen atoms in total. The van der Waals surface area contributed by atoms with Crippen molar-refractivity contribution in [2.45, 2.75) is 13.0 Å². The van der Waals surface area contributed by atoms with E-state index in [1.807, 2.05) is 6.07 Å². The molecule has 0 bridgehead atoms. The van der Waals surface area contributed by atoms with Gasteiger partial charge < -0.3 is 15.2 Å². The zero-order valence-corrected chi connectivity index (χ0v) is 12.1. The van der Waals surface area contributed by atoms with Crippen molar-refractivity contribution < 1.29 is 19.1 Å². The van der Waals surface area contributed by atoms with Gasteiger partial charge in [0.05, 0.1) is 7.11 Å². The van der Waals surface area contributed by atoms with E-state index >= 15 is 0 Å². The Kier molecular flexibility index (Phi) is 5.57. The van der Waals surface area contributed by atoms with Crippen LogP contribution in [0.1, 0.15) is 12.5 Å². The molecule has 102 valence electrons. The standard InChI is InChI=1S/C13H14BrNO4/c1-8(13(15)17)19-12(16)6-3-9-7-10(14)4-5-11(9)18-2/h3-8H,1-2H3,(H2,15,17)/b6-3+/t8-/m1/s1. The van der Waals surface area contributed by atoms with Crippen LogP contribution in [0.5, 0.6) is 5.75 Å². The molecule has 0 aliphatic carbocycles. The first kappa shape index (κ1) is 15.2. The van der Waals surface area contributed by atoms with Crippen LogP contribution in [0.25, 0.3) is 6.08 Å². The van der Waals surface area contributed by atoms with E-state index in [1.165, 1.54) is 20.1 Å². The summed E-state index contributed by atoms with van der Waals surface area (Å²) >= 11 is 3.33. The summed E-state index contributed by atoms with van der Waals surface area (Å²) in [6.07, 6.45) is 1.80. The molecule has 0 fully saturated rings. The van der Waals surface area contributed by atoms with E-state index in [4.69, 9.17) is 15.2 Å². The molecule has 0 aliphatic rings. The van der Waals surface area contributed by atoms with Gasteiger partial charge in [0.25, 0.3) is 5.91 Å². The third-order valence-corrected chi connectivity index (χ3v) is 2.78. The number of esters is 1. The number of carbonyl (C=O) groups is 2. The van der Waals surface area contributed by atoms with E-state index in [1.54, 1.807) is 18.2 Å². The van der Waals surface area contributed by atoms with Gasteiger partial charge >= 0.3 is 5.97 Å². The lowest BCUT2D eigenvalue weighted by molar-refractivity contribution is -0.148. The van der Waals surface area contributed by atoms with Crippen LogP contribution in [0, 0.1) is 0 Å². The van der Waals surface area contributed by atoms with Gasteiger partial charge in [-0.2, -0.15) is 0 Å². The van der Waals surface area contributed by atoms with Gasteiger partial charge in [-0.25, -0.2) is 4.79 Å². The van der Waals surface area contributed by atoms with Crippen molar-refractivity contribution in [2.24, 2.45) is 5.73 Å². The highest BCUT2D eigenvalue weighted by atomic mass is 79.9. The molecular weight excluding hydrogens is 314 g/mol. The molecule has 0 heterocycles. The second kappa shape index (κ2) is 6.94. The predicted octanol–water partition coefficient (Wildman–Crippen LogP) is 1.89. The molecule has 19 heavy (non-hydrogen) atoms. The number of benzene rings is 1. The Labute approximate surface area is 119 Å². The Morgan fingerprint density at radius 3 is 2.68 bits per heavy atom. The first-order valence-electron chi connectivity index (χ1n) is 5.45. The number of ether oxygens (including phenoxy) is 2. The Morgan fingerprint density at radius 1 is 1.42 bits per heavy atom. The van der Waals surface area contributed by atoms with Gasteiger partial charge in [0, 0.05) is 16.1 Å². The molecule has 1 amide bonds. The lowest BCUT2D eigenvalue weighted by Crippen LogP contribution is -2.29. The smallest absolute Gasteiger partial charge is 0.331 e. The molecule has 2 N–H and O–H groups in total. The van der Waals surface area contributed by atoms with Crippen LogP contribution >= 0.6 is 15.9 Å². The van der Waals surface area contributed by atoms with Crippen molar-refractivity contribution in [1.29, 1.82) is 0 Å². The average molecular weight is 328 g/mol. The van der Waals surface area contributed by atoms with Crippen LogP contribution in [0.3, 0.4) is 0 Å². The van der Waals surface area contributed by atoms with Gasteiger partial charge in [-0.3, -0.25) is 4.79 Å². The summed E-state index contributed by atoms with van der Waals surface area (Å²) in [5.41, 5.74) is 5.70. The Bertz CT molecular complexity index is 513. The Balaban J connectivity index is 2.78. The highest BCUT2D eigenvalue weighted by molar-refractivity contribution is 9.10. The van der Waals surface area contributed by atoms with Crippen LogP contribution in [-0.4, -0.2) is 25.1 Å². The molecule has 1 rings (SSSR count). The van der Waals surface area contributed by atoms with E-state index in [2.05, 4.69) is 15.9 Å². The van der Waals surface area contributed by atoms with E-state index in [0.29, 0.717) is 11.3 Å². The van der Waals surface area contributed by atoms with Crippen molar-refractivity contribution in [2.75, 3.05) is 7.11 Å². The van der Waals surface area contributed by atoms with Gasteiger partial charge in [-0.1, -0.05) is 15.9 Å². The molecule has 1 aromatic carbocycles. The van der Waals surface area contributed by atoms with Crippen LogP contribution in [0.2, 0.25) is 0 Å². The highest BCUT2D eigenvalue weighted by Crippen LogP contribution is 2.24. The van der Waals surface area contributed by atoms with Gasteiger partial charge in [0.15, 0.2) is 6.10 Å². The zero-order valence-electron chi connectivity index (χ0n) is 10.6. The lowest BCUT2D eigenvalue weighted by Gasteiger charge is -2.07. The molecule has 0 unspecified atom stereocenters. The number of primary amides is 1. The van der Waals surface area contributed by atoms with Gasteiger partial charge in [0.2, 0.25) is 0 Å². The summed E-state index contributed by atoms with van der Waals surface area (Å²) in [6.45, 7) is 1.41. The number of halogens is 1. The van der Waals surface area contributed by atoms with Crippen molar-refractivity contribution in [3.63, 3.8) is 0 Å². The normalized spacial score (nSPS) is 12.2. The number of hydrogen-bond acceptors (Lipinski definition) is 4. The molecule has 1 aromatic rings. The molecule has 1 atom stereocenters. The topological polar surface area (TPSA) is 78.6 Å². The summed E-state index contributed by atoms with van der Waals surface area (Å²) in [7, 11) is 1.54. The van der Waals surface area contributed by atoms with Crippen molar-refractivity contribution >= 4 is 33.9 Å². The zero-order chi connectivity index (χ0) is 14.4. The van der Waals surface area contributed by atoms with Crippen molar-refractivity contribution in [3.05, 3.63) is 34.3 Å². The predicted molar refractivity (Wildman–Crippen MR) is 74.5 cm³/mol. The van der Waals surface area contributed by atoms with E-state index in [0.717, 1.165) is 4.47 Å². The Hall–Kier alpha value is -1.82. The summed E-state index contributed by atoms with van der Waals surface area (Å²) in [5.74, 6) is -0.717. The minimum Gasteiger partial charge on any atom is -0.496 e. The highest BCUT2D eigenvalue weighted by Gasteiger charge is 2.12. The summed E-state index contributed by atoms with van der Waals surface area (Å²) in [6, 6.07) is 5.38. The molecule has 6 heteroatoms. The fraction of sp³-hybridized carbons (Fsp3) is 0.231. The lowest BCUT2D eigenvalue weighted by atomic mass is 10.2. The van der Waals surface area contributed by atoms with Crippen LogP contribution in [0.4, 0.5) is 0 Å². The number of amides is 1. The van der Waals surface area contributed by atoms with Crippen LogP contribution in [-0.2, 0) is 14.3 Å². The molecular formula is C13H14BrNO4. The Morgan fingerprint density at radius 2 is 2.11 bits per heavy atom. The van der Waals surface area contributed by atoms with Gasteiger partial charge in [0.1, 0.15) is 5.75 Å². The number of nitrogens with two attached hydrogens (primary N) is 1. The fourth-order valence-corrected chi connectivity index (χ4v) is 1.64. The van der Waals surface area contributed by atoms with Crippen LogP contribution < -0.4 is 10.5 Å². The molecule has 0 saturated heterocycles. The summed E-state index contributed by atoms with van der Waals surface area (Å²) in [5, 5.41) is 0.